The largest absolute Gasteiger partial charge is 0.511 e. The lowest BCUT2D eigenvalue weighted by atomic mass is 9.77. The lowest BCUT2D eigenvalue weighted by molar-refractivity contribution is -0.134. The highest BCUT2D eigenvalue weighted by Gasteiger charge is 2.57. The fourth-order valence-corrected chi connectivity index (χ4v) is 9.62. The molecule has 2 saturated carbocycles. The molecule has 0 radical (unpaired) electrons. The van der Waals surface area contributed by atoms with Gasteiger partial charge in [-0.3, -0.25) is 4.79 Å². The minimum absolute atomic E-state index is 0.0602. The molecule has 0 saturated heterocycles. The Balaban J connectivity index is 1.40. The third-order valence-corrected chi connectivity index (χ3v) is 11.4. The highest BCUT2D eigenvalue weighted by atomic mass is 35.5. The van der Waals surface area contributed by atoms with Crippen LogP contribution in [-0.2, 0) is 37.9 Å². The Kier molecular flexibility index (Phi) is 6.34. The zero-order chi connectivity index (χ0) is 27.9. The summed E-state index contributed by atoms with van der Waals surface area (Å²) in [5, 5.41) is 16.2. The van der Waals surface area contributed by atoms with Crippen LogP contribution >= 0.6 is 22.9 Å². The van der Waals surface area contributed by atoms with Gasteiger partial charge in [-0.05, 0) is 54.2 Å². The van der Waals surface area contributed by atoms with Crippen LogP contribution in [0.3, 0.4) is 0 Å². The summed E-state index contributed by atoms with van der Waals surface area (Å²) in [6, 6.07) is 3.64. The molecule has 39 heavy (non-hydrogen) atoms. The minimum atomic E-state index is -4.34. The van der Waals surface area contributed by atoms with Crippen molar-refractivity contribution in [2.45, 2.75) is 43.3 Å². The molecule has 208 valence electrons. The number of halogens is 2. The van der Waals surface area contributed by atoms with E-state index in [2.05, 4.69) is 14.4 Å². The molecule has 1 aromatic heterocycles. The number of aliphatic hydroxyl groups excluding tert-OH is 1. The van der Waals surface area contributed by atoms with Gasteiger partial charge in [0, 0.05) is 35.6 Å². The van der Waals surface area contributed by atoms with Gasteiger partial charge < -0.3 is 15.3 Å². The third-order valence-electron chi connectivity index (χ3n) is 7.91. The number of anilines is 1. The Morgan fingerprint density at radius 2 is 2.03 bits per heavy atom. The molecule has 2 aromatic rings. The van der Waals surface area contributed by atoms with E-state index in [0.29, 0.717) is 5.56 Å². The van der Waals surface area contributed by atoms with Crippen LogP contribution in [0.4, 0.5) is 9.39 Å². The molecule has 3 heterocycles. The number of nitrogens with zero attached hydrogens (tertiary/aromatic N) is 2. The molecule has 2 fully saturated rings. The number of carbonyl (C=O) groups excluding carboxylic acids is 1. The molecule has 0 unspecified atom stereocenters. The number of fused-ring (bicyclic) bond motifs is 6. The summed E-state index contributed by atoms with van der Waals surface area (Å²) in [5.74, 6) is -1.66. The van der Waals surface area contributed by atoms with Crippen molar-refractivity contribution in [2.75, 3.05) is 11.6 Å². The van der Waals surface area contributed by atoms with Gasteiger partial charge >= 0.3 is 0 Å². The number of benzene rings is 1. The van der Waals surface area contributed by atoms with Gasteiger partial charge in [-0.15, -0.1) is 15.7 Å². The molecular formula is C24H24ClFN4O6S3. The van der Waals surface area contributed by atoms with Gasteiger partial charge in [-0.2, -0.15) is 8.42 Å². The van der Waals surface area contributed by atoms with Crippen LogP contribution in [0.1, 0.15) is 30.4 Å². The second-order valence-electron chi connectivity index (χ2n) is 10.3. The molecule has 10 nitrogen and oxygen atoms in total. The molecule has 0 spiro atoms. The Labute approximate surface area is 233 Å². The number of hydrogen-bond donors (Lipinski definition) is 3. The van der Waals surface area contributed by atoms with Gasteiger partial charge in [0.1, 0.15) is 27.0 Å². The van der Waals surface area contributed by atoms with Crippen molar-refractivity contribution in [3.63, 3.8) is 0 Å². The second kappa shape index (κ2) is 9.26. The summed E-state index contributed by atoms with van der Waals surface area (Å²) in [4.78, 5) is 15.4. The SMILES string of the molecule is CS(=O)(=O)NCc1csc2c1S(=O)(=O)N=C(C1=C(O)[C@@H]3[C@@H]4CC[C@@H](C4)[C@@H]3N(Cc3ccc(F)cc3Cl)C1=O)N2. The Hall–Kier alpha value is -2.52. The van der Waals surface area contributed by atoms with Gasteiger partial charge in [0.15, 0.2) is 5.84 Å². The normalized spacial score (nSPS) is 27.3. The molecule has 6 rings (SSSR count). The van der Waals surface area contributed by atoms with E-state index in [1.807, 2.05) is 0 Å². The quantitative estimate of drug-likeness (QED) is 0.452. The van der Waals surface area contributed by atoms with Gasteiger partial charge in [-0.1, -0.05) is 17.7 Å². The predicted molar refractivity (Wildman–Crippen MR) is 144 cm³/mol. The molecule has 2 aliphatic carbocycles. The van der Waals surface area contributed by atoms with Crippen molar-refractivity contribution in [1.82, 2.24) is 9.62 Å². The van der Waals surface area contributed by atoms with E-state index >= 15 is 0 Å². The predicted octanol–water partition coefficient (Wildman–Crippen LogP) is 3.37. The van der Waals surface area contributed by atoms with Crippen LogP contribution < -0.4 is 10.0 Å². The van der Waals surface area contributed by atoms with Crippen LogP contribution in [0.25, 0.3) is 0 Å². The molecule has 4 aliphatic rings. The summed E-state index contributed by atoms with van der Waals surface area (Å²) >= 11 is 7.31. The highest BCUT2D eigenvalue weighted by molar-refractivity contribution is 7.91. The highest BCUT2D eigenvalue weighted by Crippen LogP contribution is 2.55. The fraction of sp³-hybridized carbons (Fsp3) is 0.417. The number of nitrogens with one attached hydrogen (secondary N) is 2. The van der Waals surface area contributed by atoms with Gasteiger partial charge in [0.25, 0.3) is 15.9 Å². The summed E-state index contributed by atoms with van der Waals surface area (Å²) < 4.78 is 69.4. The van der Waals surface area contributed by atoms with Crippen LogP contribution in [0.15, 0.2) is 44.2 Å². The smallest absolute Gasteiger partial charge is 0.287 e. The van der Waals surface area contributed by atoms with Crippen molar-refractivity contribution in [2.24, 2.45) is 22.2 Å². The van der Waals surface area contributed by atoms with Crippen molar-refractivity contribution >= 4 is 59.7 Å². The van der Waals surface area contributed by atoms with E-state index in [0.717, 1.165) is 36.9 Å². The average Bonchev–Trinajstić information content (AvgIpc) is 3.56. The molecule has 4 atom stereocenters. The van der Waals surface area contributed by atoms with Crippen LogP contribution in [-0.4, -0.2) is 50.9 Å². The Bertz CT molecular complexity index is 1690. The third kappa shape index (κ3) is 4.55. The fourth-order valence-electron chi connectivity index (χ4n) is 6.37. The van der Waals surface area contributed by atoms with Crippen LogP contribution in [0.5, 0.6) is 0 Å². The van der Waals surface area contributed by atoms with Gasteiger partial charge in [-0.25, -0.2) is 17.5 Å². The topological polar surface area (TPSA) is 145 Å². The van der Waals surface area contributed by atoms with E-state index in [9.17, 15) is 31.1 Å². The van der Waals surface area contributed by atoms with Crippen LogP contribution in [0, 0.1) is 23.6 Å². The first kappa shape index (κ1) is 26.7. The van der Waals surface area contributed by atoms with E-state index < -0.39 is 31.8 Å². The van der Waals surface area contributed by atoms with E-state index in [4.69, 9.17) is 11.6 Å². The molecule has 3 N–H and O–H groups in total. The van der Waals surface area contributed by atoms with Gasteiger partial charge in [0.05, 0.1) is 6.26 Å². The van der Waals surface area contributed by atoms with Crippen molar-refractivity contribution in [3.8, 4) is 0 Å². The number of sulfonamides is 2. The number of aliphatic hydroxyl groups is 1. The minimum Gasteiger partial charge on any atom is -0.511 e. The first-order valence-electron chi connectivity index (χ1n) is 12.2. The van der Waals surface area contributed by atoms with Crippen molar-refractivity contribution < 1.29 is 31.1 Å². The first-order chi connectivity index (χ1) is 18.3. The molecule has 2 aliphatic heterocycles. The average molecular weight is 615 g/mol. The van der Waals surface area contributed by atoms with E-state index in [1.54, 1.807) is 4.90 Å². The number of hydrogen-bond acceptors (Lipinski definition) is 8. The van der Waals surface area contributed by atoms with Crippen molar-refractivity contribution in [3.05, 3.63) is 56.9 Å². The Morgan fingerprint density at radius 1 is 1.28 bits per heavy atom. The standard InChI is InChI=1S/C24H24ClFN4O6S3/c1-38(33,34)27-8-14-10-37-23-21(14)39(35,36)29-22(28-23)18-20(31)17-11-2-3-12(6-11)19(17)30(24(18)32)9-13-4-5-15(26)7-16(13)25/h4-5,7,10-12,17,19,27,31H,2-3,6,8-9H2,1H3,(H,28,29)/t11-,12+,17-,19+/m1/s1. The first-order valence-corrected chi connectivity index (χ1v) is 16.8. The molecule has 1 aromatic carbocycles. The zero-order valence-electron chi connectivity index (χ0n) is 20.5. The maximum atomic E-state index is 14.0. The summed E-state index contributed by atoms with van der Waals surface area (Å²) in [5.41, 5.74) is 0.522. The second-order valence-corrected chi connectivity index (χ2v) is 15.0. The zero-order valence-corrected chi connectivity index (χ0v) is 23.7. The Morgan fingerprint density at radius 3 is 2.74 bits per heavy atom. The maximum absolute atomic E-state index is 14.0. The van der Waals surface area contributed by atoms with E-state index in [1.165, 1.54) is 23.6 Å². The maximum Gasteiger partial charge on any atom is 0.287 e. The van der Waals surface area contributed by atoms with E-state index in [-0.39, 0.29) is 74.5 Å². The molecular weight excluding hydrogens is 591 g/mol. The van der Waals surface area contributed by atoms with Crippen LogP contribution in [0.2, 0.25) is 5.02 Å². The number of rotatable bonds is 6. The molecule has 1 amide bonds. The lowest BCUT2D eigenvalue weighted by Gasteiger charge is -2.44. The summed E-state index contributed by atoms with van der Waals surface area (Å²) in [7, 11) is -7.91. The molecule has 15 heteroatoms. The van der Waals surface area contributed by atoms with Gasteiger partial charge in [0.2, 0.25) is 10.0 Å². The number of carbonyl (C=O) groups is 1. The number of thiophene rings is 1. The number of amides is 1. The number of amidine groups is 1. The summed E-state index contributed by atoms with van der Waals surface area (Å²) in [6.45, 7) is -0.187. The lowest BCUT2D eigenvalue weighted by Crippen LogP contribution is -2.53. The van der Waals surface area contributed by atoms with Crippen molar-refractivity contribution in [1.29, 1.82) is 0 Å². The monoisotopic (exact) mass is 614 g/mol. The molecule has 2 bridgehead atoms. The summed E-state index contributed by atoms with van der Waals surface area (Å²) in [6.07, 6.45) is 3.59.